The maximum absolute atomic E-state index is 5.31. The van der Waals surface area contributed by atoms with Gasteiger partial charge in [-0.25, -0.2) is 0 Å². The minimum absolute atomic E-state index is 0.525. The van der Waals surface area contributed by atoms with E-state index >= 15 is 0 Å². The normalized spacial score (nSPS) is 21.7. The van der Waals surface area contributed by atoms with Gasteiger partial charge in [-0.05, 0) is 42.6 Å². The highest BCUT2D eigenvalue weighted by Crippen LogP contribution is 2.29. The molecule has 8 heteroatoms. The monoisotopic (exact) mass is 439 g/mol. The maximum Gasteiger partial charge on any atom is 0.232 e. The van der Waals surface area contributed by atoms with Gasteiger partial charge in [0.15, 0.2) is 5.11 Å². The molecule has 1 aromatic carbocycles. The molecule has 2 unspecified atom stereocenters. The van der Waals surface area contributed by atoms with E-state index in [1.165, 1.54) is 12.1 Å². The molecule has 0 radical (unpaired) electrons. The van der Waals surface area contributed by atoms with Gasteiger partial charge in [0.1, 0.15) is 11.6 Å². The smallest absolute Gasteiger partial charge is 0.232 e. The molecule has 7 nitrogen and oxygen atoms in total. The molecule has 2 aromatic rings. The van der Waals surface area contributed by atoms with Crippen molar-refractivity contribution in [3.63, 3.8) is 0 Å². The molecule has 2 aliphatic rings. The first kappa shape index (κ1) is 21.6. The first-order valence-electron chi connectivity index (χ1n) is 11.2. The van der Waals surface area contributed by atoms with Crippen LogP contribution >= 0.6 is 12.2 Å². The average Bonchev–Trinajstić information content (AvgIpc) is 2.79. The molecule has 0 spiro atoms. The number of nitrogens with zero attached hydrogens (tertiary/aromatic N) is 5. The summed E-state index contributed by atoms with van der Waals surface area (Å²) in [4.78, 5) is 16.8. The van der Waals surface area contributed by atoms with Gasteiger partial charge in [0.25, 0.3) is 0 Å². The predicted molar refractivity (Wildman–Crippen MR) is 133 cm³/mol. The van der Waals surface area contributed by atoms with Crippen molar-refractivity contribution >= 4 is 40.6 Å². The van der Waals surface area contributed by atoms with E-state index in [2.05, 4.69) is 75.6 Å². The summed E-state index contributed by atoms with van der Waals surface area (Å²) >= 11 is 5.31. The highest BCUT2D eigenvalue weighted by Gasteiger charge is 2.25. The fourth-order valence-corrected chi connectivity index (χ4v) is 4.74. The van der Waals surface area contributed by atoms with Crippen molar-refractivity contribution in [3.8, 4) is 0 Å². The van der Waals surface area contributed by atoms with E-state index < -0.39 is 0 Å². The van der Waals surface area contributed by atoms with Gasteiger partial charge in [0.05, 0.1) is 0 Å². The number of thiocarbonyl (C=S) groups is 1. The molecule has 2 atom stereocenters. The molecule has 1 aromatic heterocycles. The lowest BCUT2D eigenvalue weighted by atomic mass is 9.92. The average molecular weight is 440 g/mol. The van der Waals surface area contributed by atoms with Crippen LogP contribution in [0, 0.1) is 11.8 Å². The van der Waals surface area contributed by atoms with E-state index in [9.17, 15) is 0 Å². The second-order valence-electron chi connectivity index (χ2n) is 8.77. The lowest BCUT2D eigenvalue weighted by Crippen LogP contribution is -2.47. The van der Waals surface area contributed by atoms with Crippen LogP contribution in [0.5, 0.6) is 0 Å². The van der Waals surface area contributed by atoms with E-state index in [4.69, 9.17) is 22.2 Å². The standard InChI is InChI=1S/C23H33N7S/c1-17-13-18(2)16-30(15-17)21-14-20(25-22(26-21)27-23(31)24-3)29-11-9-28(10-12-29)19-7-5-4-6-8-19/h4-8,14,17-18H,9-13,15-16H2,1-3H3,(H2,24,25,26,27,31). The lowest BCUT2D eigenvalue weighted by Gasteiger charge is -2.38. The highest BCUT2D eigenvalue weighted by molar-refractivity contribution is 7.80. The quantitative estimate of drug-likeness (QED) is 0.705. The van der Waals surface area contributed by atoms with E-state index in [0.717, 1.165) is 50.9 Å². The Hall–Kier alpha value is -2.61. The van der Waals surface area contributed by atoms with Crippen LogP contribution in [0.4, 0.5) is 23.3 Å². The van der Waals surface area contributed by atoms with Crippen molar-refractivity contribution in [1.29, 1.82) is 0 Å². The van der Waals surface area contributed by atoms with Gasteiger partial charge in [-0.3, -0.25) is 0 Å². The van der Waals surface area contributed by atoms with Crippen LogP contribution in [-0.4, -0.2) is 61.4 Å². The van der Waals surface area contributed by atoms with Crippen LogP contribution in [0.1, 0.15) is 20.3 Å². The zero-order chi connectivity index (χ0) is 21.8. The van der Waals surface area contributed by atoms with Crippen molar-refractivity contribution in [2.24, 2.45) is 11.8 Å². The Kier molecular flexibility index (Phi) is 6.75. The second kappa shape index (κ2) is 9.68. The Morgan fingerprint density at radius 1 is 0.903 bits per heavy atom. The number of para-hydroxylation sites is 1. The zero-order valence-corrected chi connectivity index (χ0v) is 19.5. The van der Waals surface area contributed by atoms with Crippen molar-refractivity contribution in [3.05, 3.63) is 36.4 Å². The summed E-state index contributed by atoms with van der Waals surface area (Å²) in [5.41, 5.74) is 1.28. The molecule has 166 valence electrons. The topological polar surface area (TPSA) is 59.6 Å². The van der Waals surface area contributed by atoms with Gasteiger partial charge < -0.3 is 25.3 Å². The molecule has 0 bridgehead atoms. The Morgan fingerprint density at radius 2 is 1.48 bits per heavy atom. The molecule has 2 N–H and O–H groups in total. The van der Waals surface area contributed by atoms with E-state index in [1.54, 1.807) is 7.05 Å². The summed E-state index contributed by atoms with van der Waals surface area (Å²) in [6, 6.07) is 12.8. The lowest BCUT2D eigenvalue weighted by molar-refractivity contribution is 0.355. The van der Waals surface area contributed by atoms with Crippen LogP contribution in [-0.2, 0) is 0 Å². The highest BCUT2D eigenvalue weighted by atomic mass is 32.1. The third-order valence-electron chi connectivity index (χ3n) is 6.07. The number of benzene rings is 1. The molecule has 0 aliphatic carbocycles. The number of anilines is 4. The largest absolute Gasteiger partial charge is 0.368 e. The van der Waals surface area contributed by atoms with Crippen molar-refractivity contribution in [2.45, 2.75) is 20.3 Å². The molecule has 2 saturated heterocycles. The van der Waals surface area contributed by atoms with Gasteiger partial charge in [0, 0.05) is 58.1 Å². The fraction of sp³-hybridized carbons (Fsp3) is 0.522. The van der Waals surface area contributed by atoms with Gasteiger partial charge in [-0.2, -0.15) is 9.97 Å². The summed E-state index contributed by atoms with van der Waals surface area (Å²) in [5, 5.41) is 6.62. The van der Waals surface area contributed by atoms with Crippen LogP contribution < -0.4 is 25.3 Å². The van der Waals surface area contributed by atoms with E-state index in [1.807, 2.05) is 0 Å². The van der Waals surface area contributed by atoms with Crippen LogP contribution in [0.25, 0.3) is 0 Å². The molecule has 0 saturated carbocycles. The van der Waals surface area contributed by atoms with Crippen molar-refractivity contribution in [1.82, 2.24) is 15.3 Å². The number of piperidine rings is 1. The van der Waals surface area contributed by atoms with Crippen LogP contribution in [0.2, 0.25) is 0 Å². The summed E-state index contributed by atoms with van der Waals surface area (Å²) in [6.45, 7) is 10.5. The summed E-state index contributed by atoms with van der Waals surface area (Å²) < 4.78 is 0. The van der Waals surface area contributed by atoms with E-state index in [-0.39, 0.29) is 0 Å². The number of hydrogen-bond acceptors (Lipinski definition) is 6. The number of aromatic nitrogens is 2. The van der Waals surface area contributed by atoms with Crippen molar-refractivity contribution < 1.29 is 0 Å². The van der Waals surface area contributed by atoms with Crippen LogP contribution in [0.3, 0.4) is 0 Å². The third kappa shape index (κ3) is 5.36. The van der Waals surface area contributed by atoms with Crippen molar-refractivity contribution in [2.75, 3.05) is 66.3 Å². The summed E-state index contributed by atoms with van der Waals surface area (Å²) in [7, 11) is 1.80. The molecular weight excluding hydrogens is 406 g/mol. The molecule has 2 aliphatic heterocycles. The first-order valence-corrected chi connectivity index (χ1v) is 11.6. The van der Waals surface area contributed by atoms with Gasteiger partial charge >= 0.3 is 0 Å². The molecule has 0 amide bonds. The Balaban J connectivity index is 1.55. The minimum Gasteiger partial charge on any atom is -0.368 e. The molecule has 2 fully saturated rings. The van der Waals surface area contributed by atoms with Gasteiger partial charge in [-0.1, -0.05) is 32.0 Å². The third-order valence-corrected chi connectivity index (χ3v) is 6.38. The Bertz CT molecular complexity index is 873. The maximum atomic E-state index is 5.31. The number of hydrogen-bond donors (Lipinski definition) is 2. The van der Waals surface area contributed by atoms with Gasteiger partial charge in [0.2, 0.25) is 5.95 Å². The second-order valence-corrected chi connectivity index (χ2v) is 9.18. The molecular formula is C23H33N7S. The SMILES string of the molecule is CNC(=S)Nc1nc(N2CCN(c3ccccc3)CC2)cc(N2CC(C)CC(C)C2)n1. The van der Waals surface area contributed by atoms with Gasteiger partial charge in [-0.15, -0.1) is 0 Å². The van der Waals surface area contributed by atoms with E-state index in [0.29, 0.717) is 22.9 Å². The first-order chi connectivity index (χ1) is 15.0. The predicted octanol–water partition coefficient (Wildman–Crippen LogP) is 3.20. The number of nitrogens with one attached hydrogen (secondary N) is 2. The molecule has 3 heterocycles. The Labute approximate surface area is 190 Å². The minimum atomic E-state index is 0.525. The molecule has 31 heavy (non-hydrogen) atoms. The number of piperazine rings is 1. The van der Waals surface area contributed by atoms with Crippen LogP contribution in [0.15, 0.2) is 36.4 Å². The summed E-state index contributed by atoms with van der Waals surface area (Å²) in [5.74, 6) is 3.82. The zero-order valence-electron chi connectivity index (χ0n) is 18.7. The molecule has 4 rings (SSSR count). The Morgan fingerprint density at radius 3 is 2.10 bits per heavy atom. The summed E-state index contributed by atoms with van der Waals surface area (Å²) in [6.07, 6.45) is 1.27. The number of rotatable bonds is 4. The fourth-order valence-electron chi connectivity index (χ4n) is 4.65.